The van der Waals surface area contributed by atoms with Crippen LogP contribution in [-0.2, 0) is 9.47 Å². The second kappa shape index (κ2) is 2.21. The van der Waals surface area contributed by atoms with Gasteiger partial charge in [-0.1, -0.05) is 6.92 Å². The molecule has 2 nitrogen and oxygen atoms in total. The maximum Gasteiger partial charge on any atom is 0.157 e. The highest BCUT2D eigenvalue weighted by molar-refractivity contribution is 4.94. The first-order valence-electron chi connectivity index (χ1n) is 4.08. The molecule has 2 aliphatic rings. The number of hydrogen-bond donors (Lipinski definition) is 0. The fraction of sp³-hybridized carbons (Fsp3) is 1.00. The molecule has 2 heteroatoms. The van der Waals surface area contributed by atoms with Crippen LogP contribution < -0.4 is 0 Å². The van der Waals surface area contributed by atoms with Crippen LogP contribution in [0.1, 0.15) is 26.2 Å². The summed E-state index contributed by atoms with van der Waals surface area (Å²) in [7, 11) is 0. The van der Waals surface area contributed by atoms with Crippen molar-refractivity contribution in [3.05, 3.63) is 0 Å². The molecule has 0 aromatic carbocycles. The quantitative estimate of drug-likeness (QED) is 0.553. The van der Waals surface area contributed by atoms with E-state index in [-0.39, 0.29) is 6.29 Å². The standard InChI is InChI=1S/C8H14O2/c1-2-7-9-5-8(3-4-8)6-10-7/h7H,2-6H2,1H3. The molecule has 58 valence electrons. The SMILES string of the molecule is CCC1OCC2(CC2)CO1. The molecule has 1 aliphatic heterocycles. The summed E-state index contributed by atoms with van der Waals surface area (Å²) in [6.45, 7) is 3.96. The molecule has 10 heavy (non-hydrogen) atoms. The van der Waals surface area contributed by atoms with Crippen molar-refractivity contribution in [2.45, 2.75) is 32.5 Å². The lowest BCUT2D eigenvalue weighted by molar-refractivity contribution is -0.207. The van der Waals surface area contributed by atoms with E-state index in [4.69, 9.17) is 9.47 Å². The van der Waals surface area contributed by atoms with Crippen LogP contribution >= 0.6 is 0 Å². The van der Waals surface area contributed by atoms with E-state index < -0.39 is 0 Å². The van der Waals surface area contributed by atoms with E-state index in [0.717, 1.165) is 19.6 Å². The van der Waals surface area contributed by atoms with Crippen molar-refractivity contribution < 1.29 is 9.47 Å². The highest BCUT2D eigenvalue weighted by Crippen LogP contribution is 2.48. The van der Waals surface area contributed by atoms with Crippen LogP contribution in [0.2, 0.25) is 0 Å². The van der Waals surface area contributed by atoms with E-state index >= 15 is 0 Å². The Balaban J connectivity index is 1.84. The number of ether oxygens (including phenoxy) is 2. The van der Waals surface area contributed by atoms with Crippen LogP contribution in [0, 0.1) is 5.41 Å². The predicted octanol–water partition coefficient (Wildman–Crippen LogP) is 1.55. The van der Waals surface area contributed by atoms with Gasteiger partial charge >= 0.3 is 0 Å². The van der Waals surface area contributed by atoms with Crippen molar-refractivity contribution >= 4 is 0 Å². The molecule has 1 saturated heterocycles. The van der Waals surface area contributed by atoms with Crippen LogP contribution in [0.3, 0.4) is 0 Å². The third-order valence-corrected chi connectivity index (χ3v) is 2.44. The van der Waals surface area contributed by atoms with Crippen LogP contribution in [0.4, 0.5) is 0 Å². The van der Waals surface area contributed by atoms with E-state index in [1.54, 1.807) is 0 Å². The van der Waals surface area contributed by atoms with Crippen LogP contribution in [0.25, 0.3) is 0 Å². The molecule has 0 bridgehead atoms. The first kappa shape index (κ1) is 6.62. The summed E-state index contributed by atoms with van der Waals surface area (Å²) < 4.78 is 11.0. The number of rotatable bonds is 1. The van der Waals surface area contributed by atoms with Crippen molar-refractivity contribution in [1.29, 1.82) is 0 Å². The molecule has 0 aromatic heterocycles. The molecule has 0 amide bonds. The monoisotopic (exact) mass is 142 g/mol. The van der Waals surface area contributed by atoms with Gasteiger partial charge in [0.25, 0.3) is 0 Å². The average Bonchev–Trinajstić information content (AvgIpc) is 2.72. The third-order valence-electron chi connectivity index (χ3n) is 2.44. The van der Waals surface area contributed by atoms with E-state index in [0.29, 0.717) is 5.41 Å². The van der Waals surface area contributed by atoms with Crippen molar-refractivity contribution in [3.8, 4) is 0 Å². The lowest BCUT2D eigenvalue weighted by Crippen LogP contribution is -2.32. The highest BCUT2D eigenvalue weighted by atomic mass is 16.7. The normalized spacial score (nSPS) is 30.9. The zero-order valence-corrected chi connectivity index (χ0v) is 6.43. The molecule has 0 aromatic rings. The maximum atomic E-state index is 5.48. The summed E-state index contributed by atoms with van der Waals surface area (Å²) in [5.41, 5.74) is 0.464. The molecule has 2 fully saturated rings. The minimum absolute atomic E-state index is 0.0891. The summed E-state index contributed by atoms with van der Waals surface area (Å²) in [6, 6.07) is 0. The molecule has 0 unspecified atom stereocenters. The van der Waals surface area contributed by atoms with E-state index in [2.05, 4.69) is 6.92 Å². The Hall–Kier alpha value is -0.0800. The molecule has 0 N–H and O–H groups in total. The van der Waals surface area contributed by atoms with Crippen LogP contribution in [0.5, 0.6) is 0 Å². The van der Waals surface area contributed by atoms with E-state index in [1.807, 2.05) is 0 Å². The molecular weight excluding hydrogens is 128 g/mol. The zero-order chi connectivity index (χ0) is 7.03. The van der Waals surface area contributed by atoms with Crippen molar-refractivity contribution in [1.82, 2.24) is 0 Å². The molecule has 0 atom stereocenters. The summed E-state index contributed by atoms with van der Waals surface area (Å²) >= 11 is 0. The Kier molecular flexibility index (Phi) is 1.46. The van der Waals surface area contributed by atoms with Crippen molar-refractivity contribution in [2.75, 3.05) is 13.2 Å². The molecule has 1 saturated carbocycles. The van der Waals surface area contributed by atoms with Crippen LogP contribution in [-0.4, -0.2) is 19.5 Å². The van der Waals surface area contributed by atoms with Crippen molar-refractivity contribution in [2.24, 2.45) is 5.41 Å². The Labute approximate surface area is 61.5 Å². The van der Waals surface area contributed by atoms with Gasteiger partial charge in [-0.15, -0.1) is 0 Å². The topological polar surface area (TPSA) is 18.5 Å². The minimum Gasteiger partial charge on any atom is -0.352 e. The lowest BCUT2D eigenvalue weighted by Gasteiger charge is -2.28. The van der Waals surface area contributed by atoms with Gasteiger partial charge in [-0.3, -0.25) is 0 Å². The Morgan fingerprint density at radius 1 is 1.30 bits per heavy atom. The lowest BCUT2D eigenvalue weighted by atomic mass is 10.1. The van der Waals surface area contributed by atoms with Gasteiger partial charge in [0.05, 0.1) is 13.2 Å². The second-order valence-electron chi connectivity index (χ2n) is 3.46. The van der Waals surface area contributed by atoms with Gasteiger partial charge in [0.2, 0.25) is 0 Å². The minimum atomic E-state index is 0.0891. The molecular formula is C8H14O2. The third kappa shape index (κ3) is 1.06. The largest absolute Gasteiger partial charge is 0.352 e. The van der Waals surface area contributed by atoms with E-state index in [9.17, 15) is 0 Å². The fourth-order valence-corrected chi connectivity index (χ4v) is 1.33. The molecule has 1 spiro atoms. The maximum absolute atomic E-state index is 5.48. The molecule has 2 rings (SSSR count). The second-order valence-corrected chi connectivity index (χ2v) is 3.46. The Bertz CT molecular complexity index is 119. The smallest absolute Gasteiger partial charge is 0.157 e. The first-order valence-corrected chi connectivity index (χ1v) is 4.08. The summed E-state index contributed by atoms with van der Waals surface area (Å²) in [4.78, 5) is 0. The van der Waals surface area contributed by atoms with Gasteiger partial charge < -0.3 is 9.47 Å². The number of hydrogen-bond acceptors (Lipinski definition) is 2. The average molecular weight is 142 g/mol. The van der Waals surface area contributed by atoms with E-state index in [1.165, 1.54) is 12.8 Å². The van der Waals surface area contributed by atoms with Gasteiger partial charge in [-0.25, -0.2) is 0 Å². The van der Waals surface area contributed by atoms with Gasteiger partial charge in [0.15, 0.2) is 6.29 Å². The zero-order valence-electron chi connectivity index (χ0n) is 6.43. The van der Waals surface area contributed by atoms with Gasteiger partial charge in [-0.2, -0.15) is 0 Å². The Morgan fingerprint density at radius 3 is 2.30 bits per heavy atom. The van der Waals surface area contributed by atoms with Gasteiger partial charge in [-0.05, 0) is 19.3 Å². The van der Waals surface area contributed by atoms with Crippen LogP contribution in [0.15, 0.2) is 0 Å². The Morgan fingerprint density at radius 2 is 1.90 bits per heavy atom. The summed E-state index contributed by atoms with van der Waals surface area (Å²) in [5, 5.41) is 0. The summed E-state index contributed by atoms with van der Waals surface area (Å²) in [5.74, 6) is 0. The fourth-order valence-electron chi connectivity index (χ4n) is 1.33. The summed E-state index contributed by atoms with van der Waals surface area (Å²) in [6.07, 6.45) is 3.69. The molecule has 1 aliphatic carbocycles. The predicted molar refractivity (Wildman–Crippen MR) is 37.6 cm³/mol. The van der Waals surface area contributed by atoms with Gasteiger partial charge in [0, 0.05) is 5.41 Å². The first-order chi connectivity index (χ1) is 4.85. The molecule has 0 radical (unpaired) electrons. The highest BCUT2D eigenvalue weighted by Gasteiger charge is 2.46. The molecule has 1 heterocycles. The van der Waals surface area contributed by atoms with Crippen molar-refractivity contribution in [3.63, 3.8) is 0 Å². The van der Waals surface area contributed by atoms with Gasteiger partial charge in [0.1, 0.15) is 0 Å².